The highest BCUT2D eigenvalue weighted by Crippen LogP contribution is 2.27. The third-order valence-corrected chi connectivity index (χ3v) is 4.14. The Bertz CT molecular complexity index is 238. The lowest BCUT2D eigenvalue weighted by atomic mass is 9.87. The van der Waals surface area contributed by atoms with Gasteiger partial charge in [-0.15, -0.1) is 0 Å². The molecule has 1 fully saturated rings. The molecule has 3 atom stereocenters. The molecule has 1 aliphatic rings. The van der Waals surface area contributed by atoms with Gasteiger partial charge in [-0.3, -0.25) is 0 Å². The second-order valence-corrected chi connectivity index (χ2v) is 6.35. The van der Waals surface area contributed by atoms with E-state index in [1.54, 1.807) is 0 Å². The van der Waals surface area contributed by atoms with Gasteiger partial charge in [-0.05, 0) is 25.2 Å². The maximum atomic E-state index is 11.2. The van der Waals surface area contributed by atoms with Crippen LogP contribution in [0.2, 0.25) is 0 Å². The summed E-state index contributed by atoms with van der Waals surface area (Å²) < 4.78 is 22.4. The van der Waals surface area contributed by atoms with Crippen LogP contribution in [-0.4, -0.2) is 26.0 Å². The summed E-state index contributed by atoms with van der Waals surface area (Å²) >= 11 is 0. The molecule has 72 valence electrons. The Labute approximate surface area is 74.3 Å². The predicted octanol–water partition coefficient (Wildman–Crippen LogP) is 0.547. The topological polar surface area (TPSA) is 60.2 Å². The Morgan fingerprint density at radius 2 is 1.83 bits per heavy atom. The van der Waals surface area contributed by atoms with E-state index in [4.69, 9.17) is 5.73 Å². The van der Waals surface area contributed by atoms with Crippen molar-refractivity contribution in [3.05, 3.63) is 0 Å². The van der Waals surface area contributed by atoms with Crippen molar-refractivity contribution < 1.29 is 8.42 Å². The van der Waals surface area contributed by atoms with E-state index >= 15 is 0 Å². The van der Waals surface area contributed by atoms with Gasteiger partial charge in [0.1, 0.15) is 9.84 Å². The number of rotatable bonds is 1. The third-order valence-electron chi connectivity index (χ3n) is 2.54. The molecule has 0 aromatic heterocycles. The van der Waals surface area contributed by atoms with E-state index in [1.165, 1.54) is 6.26 Å². The molecule has 0 aliphatic heterocycles. The van der Waals surface area contributed by atoms with Crippen LogP contribution in [0, 0.1) is 5.92 Å². The van der Waals surface area contributed by atoms with Crippen LogP contribution in [0.15, 0.2) is 0 Å². The Morgan fingerprint density at radius 3 is 2.25 bits per heavy atom. The van der Waals surface area contributed by atoms with Crippen LogP contribution in [0.5, 0.6) is 0 Å². The molecule has 3 nitrogen and oxygen atoms in total. The Hall–Kier alpha value is -0.0900. The number of sulfone groups is 1. The van der Waals surface area contributed by atoms with E-state index < -0.39 is 9.84 Å². The van der Waals surface area contributed by atoms with Crippen LogP contribution < -0.4 is 5.73 Å². The molecule has 0 spiro atoms. The van der Waals surface area contributed by atoms with Gasteiger partial charge in [-0.1, -0.05) is 6.92 Å². The van der Waals surface area contributed by atoms with Gasteiger partial charge in [0, 0.05) is 12.3 Å². The molecule has 1 saturated carbocycles. The molecule has 0 amide bonds. The largest absolute Gasteiger partial charge is 0.328 e. The van der Waals surface area contributed by atoms with Gasteiger partial charge in [-0.2, -0.15) is 0 Å². The van der Waals surface area contributed by atoms with E-state index in [-0.39, 0.29) is 11.3 Å². The highest BCUT2D eigenvalue weighted by atomic mass is 32.2. The fraction of sp³-hybridized carbons (Fsp3) is 1.00. The van der Waals surface area contributed by atoms with Gasteiger partial charge >= 0.3 is 0 Å². The van der Waals surface area contributed by atoms with E-state index in [1.807, 2.05) is 0 Å². The first-order valence-corrected chi connectivity index (χ1v) is 6.29. The molecule has 0 heterocycles. The molecule has 4 heteroatoms. The standard InChI is InChI=1S/C8H17NO2S/c1-6-3-7(9)5-8(4-6)12(2,10)11/h6-8H,3-5,9H2,1-2H3. The lowest BCUT2D eigenvalue weighted by molar-refractivity contribution is 0.344. The molecule has 3 unspecified atom stereocenters. The van der Waals surface area contributed by atoms with Crippen molar-refractivity contribution in [3.63, 3.8) is 0 Å². The summed E-state index contributed by atoms with van der Waals surface area (Å²) in [7, 11) is -2.87. The molecule has 0 radical (unpaired) electrons. The fourth-order valence-electron chi connectivity index (χ4n) is 1.94. The van der Waals surface area contributed by atoms with Crippen LogP contribution in [0.4, 0.5) is 0 Å². The van der Waals surface area contributed by atoms with Gasteiger partial charge < -0.3 is 5.73 Å². The van der Waals surface area contributed by atoms with E-state index in [9.17, 15) is 8.42 Å². The van der Waals surface area contributed by atoms with E-state index in [0.717, 1.165) is 12.8 Å². The Balaban J connectivity index is 2.68. The number of nitrogens with two attached hydrogens (primary N) is 1. The summed E-state index contributed by atoms with van der Waals surface area (Å²) in [5.74, 6) is 0.452. The predicted molar refractivity (Wildman–Crippen MR) is 49.6 cm³/mol. The van der Waals surface area contributed by atoms with Crippen LogP contribution in [-0.2, 0) is 9.84 Å². The normalized spacial score (nSPS) is 38.1. The minimum Gasteiger partial charge on any atom is -0.328 e. The molecule has 12 heavy (non-hydrogen) atoms. The summed E-state index contributed by atoms with van der Waals surface area (Å²) in [5, 5.41) is -0.198. The quantitative estimate of drug-likeness (QED) is 0.658. The fourth-order valence-corrected chi connectivity index (χ4v) is 3.22. The van der Waals surface area contributed by atoms with Gasteiger partial charge in [0.15, 0.2) is 0 Å². The van der Waals surface area contributed by atoms with Crippen molar-refractivity contribution in [2.45, 2.75) is 37.5 Å². The number of hydrogen-bond donors (Lipinski definition) is 1. The van der Waals surface area contributed by atoms with Crippen molar-refractivity contribution in [1.82, 2.24) is 0 Å². The molecular formula is C8H17NO2S. The Morgan fingerprint density at radius 1 is 1.25 bits per heavy atom. The van der Waals surface area contributed by atoms with Crippen LogP contribution in [0.1, 0.15) is 26.2 Å². The van der Waals surface area contributed by atoms with Crippen LogP contribution in [0.3, 0.4) is 0 Å². The Kier molecular flexibility index (Phi) is 2.78. The average molecular weight is 191 g/mol. The van der Waals surface area contributed by atoms with Crippen molar-refractivity contribution in [3.8, 4) is 0 Å². The lowest BCUT2D eigenvalue weighted by Crippen LogP contribution is -2.38. The molecular weight excluding hydrogens is 174 g/mol. The summed E-state index contributed by atoms with van der Waals surface area (Å²) in [6, 6.07) is 0.0773. The molecule has 0 bridgehead atoms. The zero-order valence-corrected chi connectivity index (χ0v) is 8.47. The van der Waals surface area contributed by atoms with Gasteiger partial charge in [0.25, 0.3) is 0 Å². The highest BCUT2D eigenvalue weighted by molar-refractivity contribution is 7.91. The summed E-state index contributed by atoms with van der Waals surface area (Å²) in [4.78, 5) is 0. The summed E-state index contributed by atoms with van der Waals surface area (Å²) in [6.07, 6.45) is 3.70. The molecule has 1 rings (SSSR count). The van der Waals surface area contributed by atoms with Gasteiger partial charge in [0.2, 0.25) is 0 Å². The molecule has 0 saturated heterocycles. The van der Waals surface area contributed by atoms with E-state index in [2.05, 4.69) is 6.92 Å². The highest BCUT2D eigenvalue weighted by Gasteiger charge is 2.30. The molecule has 0 aromatic carbocycles. The first kappa shape index (κ1) is 9.99. The molecule has 1 aliphatic carbocycles. The first-order chi connectivity index (χ1) is 5.39. The average Bonchev–Trinajstić information content (AvgIpc) is 1.82. The summed E-state index contributed by atoms with van der Waals surface area (Å²) in [6.45, 7) is 2.07. The smallest absolute Gasteiger partial charge is 0.150 e. The number of hydrogen-bond acceptors (Lipinski definition) is 3. The SMILES string of the molecule is CC1CC(N)CC(S(C)(=O)=O)C1. The first-order valence-electron chi connectivity index (χ1n) is 4.34. The third kappa shape index (κ3) is 2.45. The van der Waals surface area contributed by atoms with Crippen molar-refractivity contribution >= 4 is 9.84 Å². The monoisotopic (exact) mass is 191 g/mol. The lowest BCUT2D eigenvalue weighted by Gasteiger charge is -2.29. The molecule has 0 aromatic rings. The van der Waals surface area contributed by atoms with Gasteiger partial charge in [0.05, 0.1) is 5.25 Å². The summed E-state index contributed by atoms with van der Waals surface area (Å²) in [5.41, 5.74) is 5.75. The zero-order valence-electron chi connectivity index (χ0n) is 7.66. The van der Waals surface area contributed by atoms with Crippen molar-refractivity contribution in [2.24, 2.45) is 11.7 Å². The van der Waals surface area contributed by atoms with Crippen molar-refractivity contribution in [2.75, 3.05) is 6.26 Å². The van der Waals surface area contributed by atoms with Crippen molar-refractivity contribution in [1.29, 1.82) is 0 Å². The zero-order chi connectivity index (χ0) is 9.35. The van der Waals surface area contributed by atoms with Crippen LogP contribution >= 0.6 is 0 Å². The second kappa shape index (κ2) is 3.34. The minimum atomic E-state index is -2.87. The van der Waals surface area contributed by atoms with Gasteiger partial charge in [-0.25, -0.2) is 8.42 Å². The van der Waals surface area contributed by atoms with Crippen LogP contribution in [0.25, 0.3) is 0 Å². The maximum absolute atomic E-state index is 11.2. The second-order valence-electron chi connectivity index (χ2n) is 4.02. The molecule has 2 N–H and O–H groups in total. The maximum Gasteiger partial charge on any atom is 0.150 e. The van der Waals surface area contributed by atoms with E-state index in [0.29, 0.717) is 12.3 Å². The minimum absolute atomic E-state index is 0.0773.